The predicted molar refractivity (Wildman–Crippen MR) is 79.5 cm³/mol. The summed E-state index contributed by atoms with van der Waals surface area (Å²) in [5.74, 6) is 0.688. The molecule has 106 valence electrons. The number of carbonyl (C=O) groups is 1. The van der Waals surface area contributed by atoms with E-state index in [-0.39, 0.29) is 0 Å². The minimum atomic E-state index is 0.325. The number of phenolic OH excluding ortho intramolecular Hbond substituents is 1. The second kappa shape index (κ2) is 8.73. The lowest BCUT2D eigenvalue weighted by Crippen LogP contribution is -2.00. The van der Waals surface area contributed by atoms with Crippen molar-refractivity contribution in [3.63, 3.8) is 0 Å². The number of benzene rings is 1. The molecule has 0 bridgehead atoms. The van der Waals surface area contributed by atoms with Crippen LogP contribution in [0.25, 0.3) is 0 Å². The van der Waals surface area contributed by atoms with Gasteiger partial charge in [0.2, 0.25) is 0 Å². The Morgan fingerprint density at radius 3 is 2.53 bits per heavy atom. The summed E-state index contributed by atoms with van der Waals surface area (Å²) in [5, 5.41) is 9.44. The van der Waals surface area contributed by atoms with Gasteiger partial charge in [0.05, 0.1) is 0 Å². The Hall–Kier alpha value is -1.31. The fraction of sp³-hybridized carbons (Fsp3) is 0.588. The van der Waals surface area contributed by atoms with Crippen molar-refractivity contribution in [3.05, 3.63) is 29.3 Å². The van der Waals surface area contributed by atoms with Crippen LogP contribution in [0.5, 0.6) is 5.75 Å². The molecule has 0 unspecified atom stereocenters. The third-order valence-corrected chi connectivity index (χ3v) is 3.51. The van der Waals surface area contributed by atoms with Gasteiger partial charge in [-0.3, -0.25) is 4.79 Å². The summed E-state index contributed by atoms with van der Waals surface area (Å²) >= 11 is 0. The molecule has 0 radical (unpaired) electrons. The van der Waals surface area contributed by atoms with Gasteiger partial charge in [-0.15, -0.1) is 0 Å². The van der Waals surface area contributed by atoms with E-state index in [1.807, 2.05) is 19.1 Å². The highest BCUT2D eigenvalue weighted by atomic mass is 16.3. The number of Topliss-reactive ketones (excluding diaryl/α,β-unsaturated/α-hetero) is 1. The quantitative estimate of drug-likeness (QED) is 0.662. The Morgan fingerprint density at radius 2 is 1.84 bits per heavy atom. The summed E-state index contributed by atoms with van der Waals surface area (Å²) in [5.41, 5.74) is 2.01. The van der Waals surface area contributed by atoms with E-state index in [1.165, 1.54) is 25.7 Å². The zero-order valence-corrected chi connectivity index (χ0v) is 12.2. The molecule has 0 aliphatic carbocycles. The van der Waals surface area contributed by atoms with Gasteiger partial charge in [0.25, 0.3) is 0 Å². The van der Waals surface area contributed by atoms with Gasteiger partial charge in [0.15, 0.2) is 0 Å². The van der Waals surface area contributed by atoms with E-state index >= 15 is 0 Å². The van der Waals surface area contributed by atoms with Crippen LogP contribution in [0.15, 0.2) is 18.2 Å². The van der Waals surface area contributed by atoms with Crippen molar-refractivity contribution < 1.29 is 9.90 Å². The summed E-state index contributed by atoms with van der Waals surface area (Å²) in [4.78, 5) is 11.8. The molecular weight excluding hydrogens is 236 g/mol. The zero-order chi connectivity index (χ0) is 14.1. The number of rotatable bonds is 9. The molecular formula is C17H26O2. The Morgan fingerprint density at radius 1 is 1.11 bits per heavy atom. The van der Waals surface area contributed by atoms with Gasteiger partial charge in [0, 0.05) is 12.8 Å². The van der Waals surface area contributed by atoms with Crippen molar-refractivity contribution in [2.45, 2.75) is 65.2 Å². The second-order valence-corrected chi connectivity index (χ2v) is 5.32. The van der Waals surface area contributed by atoms with E-state index < -0.39 is 0 Å². The summed E-state index contributed by atoms with van der Waals surface area (Å²) < 4.78 is 0. The molecule has 0 aliphatic rings. The van der Waals surface area contributed by atoms with Gasteiger partial charge in [-0.2, -0.15) is 0 Å². The fourth-order valence-electron chi connectivity index (χ4n) is 2.21. The van der Waals surface area contributed by atoms with Crippen LogP contribution in [0.1, 0.15) is 63.0 Å². The van der Waals surface area contributed by atoms with Crippen LogP contribution >= 0.6 is 0 Å². The van der Waals surface area contributed by atoms with Gasteiger partial charge in [-0.05, 0) is 37.0 Å². The van der Waals surface area contributed by atoms with Crippen molar-refractivity contribution in [1.82, 2.24) is 0 Å². The monoisotopic (exact) mass is 262 g/mol. The Labute approximate surface area is 116 Å². The molecule has 0 aliphatic heterocycles. The molecule has 0 atom stereocenters. The van der Waals surface area contributed by atoms with E-state index in [2.05, 4.69) is 6.92 Å². The number of phenols is 1. The van der Waals surface area contributed by atoms with Gasteiger partial charge >= 0.3 is 0 Å². The molecule has 0 saturated heterocycles. The summed E-state index contributed by atoms with van der Waals surface area (Å²) in [7, 11) is 0. The molecule has 0 fully saturated rings. The number of hydrogen-bond donors (Lipinski definition) is 1. The van der Waals surface area contributed by atoms with Crippen LogP contribution in [0.4, 0.5) is 0 Å². The van der Waals surface area contributed by atoms with E-state index in [0.29, 0.717) is 18.0 Å². The van der Waals surface area contributed by atoms with Crippen molar-refractivity contribution in [3.8, 4) is 5.75 Å². The van der Waals surface area contributed by atoms with Crippen molar-refractivity contribution in [2.24, 2.45) is 0 Å². The SMILES string of the molecule is CCCCCCCC(=O)CCc1ccc(O)c(C)c1. The molecule has 19 heavy (non-hydrogen) atoms. The summed E-state index contributed by atoms with van der Waals surface area (Å²) in [6.45, 7) is 4.08. The number of carbonyl (C=O) groups excluding carboxylic acids is 1. The first-order valence-corrected chi connectivity index (χ1v) is 7.43. The number of unbranched alkanes of at least 4 members (excludes halogenated alkanes) is 4. The molecule has 2 nitrogen and oxygen atoms in total. The number of hydrogen-bond acceptors (Lipinski definition) is 2. The van der Waals surface area contributed by atoms with E-state index in [0.717, 1.165) is 30.4 Å². The lowest BCUT2D eigenvalue weighted by molar-refractivity contribution is -0.119. The van der Waals surface area contributed by atoms with E-state index in [1.54, 1.807) is 6.07 Å². The molecule has 1 N–H and O–H groups in total. The van der Waals surface area contributed by atoms with Crippen molar-refractivity contribution in [1.29, 1.82) is 0 Å². The van der Waals surface area contributed by atoms with Gasteiger partial charge in [-0.1, -0.05) is 44.7 Å². The molecule has 0 amide bonds. The first-order chi connectivity index (χ1) is 9.13. The highest BCUT2D eigenvalue weighted by Gasteiger charge is 2.04. The minimum absolute atomic E-state index is 0.325. The van der Waals surface area contributed by atoms with Gasteiger partial charge in [0.1, 0.15) is 11.5 Å². The van der Waals surface area contributed by atoms with Crippen LogP contribution < -0.4 is 0 Å². The average Bonchev–Trinajstić information content (AvgIpc) is 2.40. The predicted octanol–water partition coefficient (Wildman–Crippen LogP) is 4.56. The highest BCUT2D eigenvalue weighted by molar-refractivity contribution is 5.78. The molecule has 2 heteroatoms. The van der Waals surface area contributed by atoms with Gasteiger partial charge < -0.3 is 5.11 Å². The molecule has 1 aromatic carbocycles. The normalized spacial score (nSPS) is 10.6. The maximum absolute atomic E-state index is 11.8. The third kappa shape index (κ3) is 6.42. The van der Waals surface area contributed by atoms with Gasteiger partial charge in [-0.25, -0.2) is 0 Å². The number of aromatic hydroxyl groups is 1. The van der Waals surface area contributed by atoms with E-state index in [4.69, 9.17) is 0 Å². The summed E-state index contributed by atoms with van der Waals surface area (Å²) in [6, 6.07) is 5.57. The lowest BCUT2D eigenvalue weighted by Gasteiger charge is -2.04. The lowest BCUT2D eigenvalue weighted by atomic mass is 10.0. The van der Waals surface area contributed by atoms with Crippen LogP contribution in [0.2, 0.25) is 0 Å². The highest BCUT2D eigenvalue weighted by Crippen LogP contribution is 2.18. The van der Waals surface area contributed by atoms with Crippen molar-refractivity contribution >= 4 is 5.78 Å². The number of aryl methyl sites for hydroxylation is 2. The average molecular weight is 262 g/mol. The number of ketones is 1. The van der Waals surface area contributed by atoms with Crippen LogP contribution in [0, 0.1) is 6.92 Å². The molecule has 0 heterocycles. The van der Waals surface area contributed by atoms with Crippen LogP contribution in [-0.2, 0) is 11.2 Å². The molecule has 0 spiro atoms. The molecule has 0 saturated carbocycles. The second-order valence-electron chi connectivity index (χ2n) is 5.32. The molecule has 0 aromatic heterocycles. The first-order valence-electron chi connectivity index (χ1n) is 7.43. The van der Waals surface area contributed by atoms with Crippen LogP contribution in [0.3, 0.4) is 0 Å². The summed E-state index contributed by atoms with van der Waals surface area (Å²) in [6.07, 6.45) is 8.12. The van der Waals surface area contributed by atoms with Crippen LogP contribution in [-0.4, -0.2) is 10.9 Å². The smallest absolute Gasteiger partial charge is 0.133 e. The Balaban J connectivity index is 2.20. The Kier molecular flexibility index (Phi) is 7.24. The molecule has 1 rings (SSSR count). The zero-order valence-electron chi connectivity index (χ0n) is 12.2. The fourth-order valence-corrected chi connectivity index (χ4v) is 2.21. The van der Waals surface area contributed by atoms with Crippen molar-refractivity contribution in [2.75, 3.05) is 0 Å². The first kappa shape index (κ1) is 15.7. The molecule has 1 aromatic rings. The third-order valence-electron chi connectivity index (χ3n) is 3.51. The maximum atomic E-state index is 11.8. The van der Waals surface area contributed by atoms with E-state index in [9.17, 15) is 9.90 Å². The maximum Gasteiger partial charge on any atom is 0.133 e. The minimum Gasteiger partial charge on any atom is -0.508 e. The standard InChI is InChI=1S/C17H26O2/c1-3-4-5-6-7-8-16(18)11-9-15-10-12-17(19)14(2)13-15/h10,12-13,19H,3-9,11H2,1-2H3. The Bertz CT molecular complexity index is 396. The largest absolute Gasteiger partial charge is 0.508 e. The topological polar surface area (TPSA) is 37.3 Å².